The molecule has 162 valence electrons. The van der Waals surface area contributed by atoms with Crippen LogP contribution in [0.2, 0.25) is 0 Å². The topological polar surface area (TPSA) is 86.0 Å². The van der Waals surface area contributed by atoms with Gasteiger partial charge in [-0.3, -0.25) is 14.4 Å². The molecule has 1 aromatic carbocycles. The summed E-state index contributed by atoms with van der Waals surface area (Å²) in [6, 6.07) is 8.21. The minimum Gasteiger partial charge on any atom is -0.319 e. The predicted octanol–water partition coefficient (Wildman–Crippen LogP) is 3.38. The van der Waals surface area contributed by atoms with Crippen molar-refractivity contribution in [2.75, 3.05) is 5.32 Å². The van der Waals surface area contributed by atoms with E-state index in [0.29, 0.717) is 13.0 Å². The number of nitrogens with zero attached hydrogens (tertiary/aromatic N) is 3. The lowest BCUT2D eigenvalue weighted by Gasteiger charge is -2.14. The van der Waals surface area contributed by atoms with Crippen molar-refractivity contribution < 1.29 is 18.0 Å². The minimum atomic E-state index is -4.55. The van der Waals surface area contributed by atoms with Crippen LogP contribution in [0.5, 0.6) is 0 Å². The number of aromatic nitrogens is 3. The van der Waals surface area contributed by atoms with Crippen molar-refractivity contribution in [3.8, 4) is 5.69 Å². The molecule has 7 nitrogen and oxygen atoms in total. The minimum absolute atomic E-state index is 0.0536. The molecule has 0 bridgehead atoms. The first-order valence-corrected chi connectivity index (χ1v) is 9.40. The Hall–Kier alpha value is -3.69. The van der Waals surface area contributed by atoms with Gasteiger partial charge in [-0.15, -0.1) is 0 Å². The van der Waals surface area contributed by atoms with E-state index >= 15 is 0 Å². The molecule has 0 saturated carbocycles. The summed E-state index contributed by atoms with van der Waals surface area (Å²) in [6.07, 6.45) is -2.40. The number of anilines is 1. The van der Waals surface area contributed by atoms with Crippen molar-refractivity contribution >= 4 is 11.6 Å². The number of halogens is 3. The van der Waals surface area contributed by atoms with Crippen LogP contribution in [0.25, 0.3) is 5.69 Å². The highest BCUT2D eigenvalue weighted by Gasteiger charge is 2.30. The van der Waals surface area contributed by atoms with E-state index in [1.807, 2.05) is 6.92 Å². The Labute approximate surface area is 174 Å². The third kappa shape index (κ3) is 4.90. The Morgan fingerprint density at radius 2 is 1.87 bits per heavy atom. The van der Waals surface area contributed by atoms with Gasteiger partial charge in [0.2, 0.25) is 5.43 Å². The number of hydrogen-bond acceptors (Lipinski definition) is 4. The second-order valence-electron chi connectivity index (χ2n) is 6.86. The first-order valence-electron chi connectivity index (χ1n) is 9.40. The molecule has 0 fully saturated rings. The summed E-state index contributed by atoms with van der Waals surface area (Å²) >= 11 is 0. The van der Waals surface area contributed by atoms with Gasteiger partial charge in [0.15, 0.2) is 5.69 Å². The van der Waals surface area contributed by atoms with Gasteiger partial charge in [-0.05, 0) is 37.6 Å². The van der Waals surface area contributed by atoms with Crippen molar-refractivity contribution in [2.45, 2.75) is 33.0 Å². The fourth-order valence-corrected chi connectivity index (χ4v) is 2.99. The molecule has 0 aliphatic carbocycles. The van der Waals surface area contributed by atoms with Crippen LogP contribution in [-0.4, -0.2) is 20.3 Å². The van der Waals surface area contributed by atoms with Crippen molar-refractivity contribution in [2.24, 2.45) is 0 Å². The largest absolute Gasteiger partial charge is 0.416 e. The third-order valence-electron chi connectivity index (χ3n) is 4.45. The maximum atomic E-state index is 13.0. The molecule has 0 spiro atoms. The zero-order valence-corrected chi connectivity index (χ0v) is 16.7. The fraction of sp³-hybridized carbons (Fsp3) is 0.238. The molecule has 0 atom stereocenters. The number of aryl methyl sites for hydroxylation is 2. The molecule has 31 heavy (non-hydrogen) atoms. The quantitative estimate of drug-likeness (QED) is 0.670. The number of carbonyl (C=O) groups is 1. The Morgan fingerprint density at radius 3 is 2.55 bits per heavy atom. The summed E-state index contributed by atoms with van der Waals surface area (Å²) < 4.78 is 41.7. The standard InChI is InChI=1S/C21H19F3N4O3/c1-3-9-27-12-15(7-8-18(27)30)25-20(31)19-17(29)10-13(2)28(26-19)16-6-4-5-14(11-16)21(22,23)24/h4-8,10-12H,3,9H2,1-2H3,(H,25,31). The Morgan fingerprint density at radius 1 is 1.13 bits per heavy atom. The van der Waals surface area contributed by atoms with E-state index in [-0.39, 0.29) is 22.6 Å². The van der Waals surface area contributed by atoms with Crippen molar-refractivity contribution in [3.05, 3.63) is 86.2 Å². The molecule has 0 aliphatic heterocycles. The molecule has 2 heterocycles. The molecule has 0 radical (unpaired) electrons. The van der Waals surface area contributed by atoms with Crippen molar-refractivity contribution in [1.29, 1.82) is 0 Å². The normalized spacial score (nSPS) is 11.4. The summed E-state index contributed by atoms with van der Waals surface area (Å²) in [5.74, 6) is -0.840. The number of alkyl halides is 3. The van der Waals surface area contributed by atoms with Gasteiger partial charge in [0.1, 0.15) is 0 Å². The molecule has 0 unspecified atom stereocenters. The predicted molar refractivity (Wildman–Crippen MR) is 109 cm³/mol. The lowest BCUT2D eigenvalue weighted by molar-refractivity contribution is -0.137. The van der Waals surface area contributed by atoms with Gasteiger partial charge in [0.25, 0.3) is 11.5 Å². The molecule has 2 aromatic heterocycles. The number of rotatable bonds is 5. The number of carbonyl (C=O) groups excluding carboxylic acids is 1. The fourth-order valence-electron chi connectivity index (χ4n) is 2.99. The number of amides is 1. The van der Waals surface area contributed by atoms with Gasteiger partial charge in [0, 0.05) is 30.6 Å². The van der Waals surface area contributed by atoms with Crippen LogP contribution in [0, 0.1) is 6.92 Å². The number of benzene rings is 1. The SMILES string of the molecule is CCCn1cc(NC(=O)c2nn(-c3cccc(C(F)(F)F)c3)c(C)cc2=O)ccc1=O. The number of hydrogen-bond donors (Lipinski definition) is 1. The number of pyridine rings is 1. The van der Waals surface area contributed by atoms with Crippen LogP contribution < -0.4 is 16.3 Å². The van der Waals surface area contributed by atoms with Crippen molar-refractivity contribution in [3.63, 3.8) is 0 Å². The summed E-state index contributed by atoms with van der Waals surface area (Å²) in [5.41, 5.74) is -1.69. The summed E-state index contributed by atoms with van der Waals surface area (Å²) in [4.78, 5) is 36.8. The second kappa shape index (κ2) is 8.58. The number of nitrogens with one attached hydrogen (secondary N) is 1. The van der Waals surface area contributed by atoms with Gasteiger partial charge in [-0.2, -0.15) is 18.3 Å². The molecule has 1 amide bonds. The van der Waals surface area contributed by atoms with E-state index in [1.54, 1.807) is 0 Å². The molecule has 3 aromatic rings. The van der Waals surface area contributed by atoms with Crippen LogP contribution in [-0.2, 0) is 12.7 Å². The maximum absolute atomic E-state index is 13.0. The van der Waals surface area contributed by atoms with Gasteiger partial charge >= 0.3 is 6.18 Å². The van der Waals surface area contributed by atoms with Crippen LogP contribution in [0.4, 0.5) is 18.9 Å². The maximum Gasteiger partial charge on any atom is 0.416 e. The van der Waals surface area contributed by atoms with Crippen LogP contribution in [0.15, 0.2) is 58.3 Å². The van der Waals surface area contributed by atoms with Crippen LogP contribution in [0.1, 0.15) is 35.1 Å². The average molecular weight is 432 g/mol. The molecular formula is C21H19F3N4O3. The smallest absolute Gasteiger partial charge is 0.319 e. The first-order chi connectivity index (χ1) is 14.6. The highest BCUT2D eigenvalue weighted by atomic mass is 19.4. The second-order valence-corrected chi connectivity index (χ2v) is 6.86. The Kier molecular flexibility index (Phi) is 6.09. The monoisotopic (exact) mass is 432 g/mol. The van der Waals surface area contributed by atoms with E-state index in [4.69, 9.17) is 0 Å². The van der Waals surface area contributed by atoms with Crippen molar-refractivity contribution in [1.82, 2.24) is 14.3 Å². The van der Waals surface area contributed by atoms with Gasteiger partial charge < -0.3 is 9.88 Å². The summed E-state index contributed by atoms with van der Waals surface area (Å²) in [7, 11) is 0. The highest BCUT2D eigenvalue weighted by molar-refractivity contribution is 6.02. The lowest BCUT2D eigenvalue weighted by atomic mass is 10.2. The molecule has 1 N–H and O–H groups in total. The first kappa shape index (κ1) is 22.0. The molecular weight excluding hydrogens is 413 g/mol. The van der Waals surface area contributed by atoms with Gasteiger partial charge in [0.05, 0.1) is 16.9 Å². The zero-order chi connectivity index (χ0) is 22.8. The Bertz CT molecular complexity index is 1250. The highest BCUT2D eigenvalue weighted by Crippen LogP contribution is 2.30. The molecule has 0 aliphatic rings. The van der Waals surface area contributed by atoms with E-state index < -0.39 is 28.8 Å². The van der Waals surface area contributed by atoms with Gasteiger partial charge in [-0.25, -0.2) is 4.68 Å². The Balaban J connectivity index is 1.98. The van der Waals surface area contributed by atoms with E-state index in [1.165, 1.54) is 42.0 Å². The molecule has 3 rings (SSSR count). The van der Waals surface area contributed by atoms with Gasteiger partial charge in [-0.1, -0.05) is 13.0 Å². The summed E-state index contributed by atoms with van der Waals surface area (Å²) in [6.45, 7) is 3.84. The summed E-state index contributed by atoms with van der Waals surface area (Å²) in [5, 5.41) is 6.50. The third-order valence-corrected chi connectivity index (χ3v) is 4.45. The zero-order valence-electron chi connectivity index (χ0n) is 16.7. The van der Waals surface area contributed by atoms with E-state index in [0.717, 1.165) is 22.9 Å². The van der Waals surface area contributed by atoms with E-state index in [9.17, 15) is 27.6 Å². The van der Waals surface area contributed by atoms with Crippen LogP contribution in [0.3, 0.4) is 0 Å². The van der Waals surface area contributed by atoms with Crippen LogP contribution >= 0.6 is 0 Å². The molecule has 0 saturated heterocycles. The average Bonchev–Trinajstić information content (AvgIpc) is 2.70. The van der Waals surface area contributed by atoms with E-state index in [2.05, 4.69) is 10.4 Å². The lowest BCUT2D eigenvalue weighted by Crippen LogP contribution is -2.27. The molecule has 10 heteroatoms.